The van der Waals surface area contributed by atoms with Gasteiger partial charge in [-0.2, -0.15) is 0 Å². The van der Waals surface area contributed by atoms with Gasteiger partial charge >= 0.3 is 0 Å². The summed E-state index contributed by atoms with van der Waals surface area (Å²) in [6, 6.07) is 7.11. The third kappa shape index (κ3) is 4.27. The van der Waals surface area contributed by atoms with E-state index in [1.54, 1.807) is 19.2 Å². The van der Waals surface area contributed by atoms with E-state index in [0.29, 0.717) is 12.1 Å². The molecule has 114 valence electrons. The lowest BCUT2D eigenvalue weighted by atomic mass is 10.0. The summed E-state index contributed by atoms with van der Waals surface area (Å²) in [6.07, 6.45) is 0. The van der Waals surface area contributed by atoms with Crippen LogP contribution in [0.5, 0.6) is 0 Å². The molecule has 1 aliphatic heterocycles. The van der Waals surface area contributed by atoms with Crippen molar-refractivity contribution >= 4 is 11.8 Å². The van der Waals surface area contributed by atoms with Crippen LogP contribution in [-0.2, 0) is 16.1 Å². The summed E-state index contributed by atoms with van der Waals surface area (Å²) in [5.41, 5.74) is 1.32. The van der Waals surface area contributed by atoms with Crippen molar-refractivity contribution in [3.8, 4) is 0 Å². The van der Waals surface area contributed by atoms with E-state index in [9.17, 15) is 9.59 Å². The predicted molar refractivity (Wildman–Crippen MR) is 78.9 cm³/mol. The monoisotopic (exact) mass is 291 g/mol. The van der Waals surface area contributed by atoms with Crippen LogP contribution < -0.4 is 16.0 Å². The average Bonchev–Trinajstić information content (AvgIpc) is 2.48. The molecule has 1 heterocycles. The summed E-state index contributed by atoms with van der Waals surface area (Å²) < 4.78 is 5.55. The predicted octanol–water partition coefficient (Wildman–Crippen LogP) is 0.0409. The topological polar surface area (TPSA) is 79.5 Å². The number of benzene rings is 1. The Bertz CT molecular complexity index is 509. The Labute approximate surface area is 124 Å². The molecule has 0 radical (unpaired) electrons. The van der Waals surface area contributed by atoms with E-state index in [4.69, 9.17) is 4.74 Å². The molecule has 1 fully saturated rings. The molecule has 0 saturated carbocycles. The third-order valence-corrected chi connectivity index (χ3v) is 3.48. The van der Waals surface area contributed by atoms with Gasteiger partial charge in [-0.1, -0.05) is 12.1 Å². The summed E-state index contributed by atoms with van der Waals surface area (Å²) in [6.45, 7) is 4.02. The second-order valence-electron chi connectivity index (χ2n) is 5.39. The molecule has 0 spiro atoms. The van der Waals surface area contributed by atoms with E-state index in [1.165, 1.54) is 0 Å². The summed E-state index contributed by atoms with van der Waals surface area (Å²) >= 11 is 0. The molecule has 1 aromatic carbocycles. The van der Waals surface area contributed by atoms with Gasteiger partial charge in [-0.15, -0.1) is 0 Å². The van der Waals surface area contributed by atoms with Crippen LogP contribution in [0.4, 0.5) is 0 Å². The number of carbonyl (C=O) groups excluding carboxylic acids is 2. The van der Waals surface area contributed by atoms with Gasteiger partial charge in [0.25, 0.3) is 5.91 Å². The Morgan fingerprint density at radius 2 is 1.95 bits per heavy atom. The highest BCUT2D eigenvalue weighted by Crippen LogP contribution is 2.14. The van der Waals surface area contributed by atoms with Gasteiger partial charge < -0.3 is 20.7 Å². The van der Waals surface area contributed by atoms with Crippen molar-refractivity contribution < 1.29 is 14.3 Å². The van der Waals surface area contributed by atoms with Crippen LogP contribution in [0.2, 0.25) is 0 Å². The quantitative estimate of drug-likeness (QED) is 0.691. The van der Waals surface area contributed by atoms with Crippen molar-refractivity contribution in [3.05, 3.63) is 35.4 Å². The summed E-state index contributed by atoms with van der Waals surface area (Å²) in [4.78, 5) is 23.1. The fraction of sp³-hybridized carbons (Fsp3) is 0.467. The maximum Gasteiger partial charge on any atom is 0.251 e. The molecule has 0 atom stereocenters. The van der Waals surface area contributed by atoms with Crippen LogP contribution in [-0.4, -0.2) is 44.2 Å². The first-order valence-corrected chi connectivity index (χ1v) is 6.95. The molecule has 0 bridgehead atoms. The Morgan fingerprint density at radius 3 is 2.48 bits per heavy atom. The number of hydrogen-bond donors (Lipinski definition) is 3. The highest BCUT2D eigenvalue weighted by atomic mass is 16.5. The zero-order valence-corrected chi connectivity index (χ0v) is 12.4. The minimum absolute atomic E-state index is 0.0640. The second-order valence-corrected chi connectivity index (χ2v) is 5.39. The van der Waals surface area contributed by atoms with Crippen LogP contribution in [0.3, 0.4) is 0 Å². The molecule has 6 nitrogen and oxygen atoms in total. The largest absolute Gasteiger partial charge is 0.363 e. The van der Waals surface area contributed by atoms with Crippen molar-refractivity contribution in [2.24, 2.45) is 0 Å². The van der Waals surface area contributed by atoms with Gasteiger partial charge in [0.05, 0.1) is 5.60 Å². The molecular formula is C15H21N3O3. The van der Waals surface area contributed by atoms with E-state index in [-0.39, 0.29) is 24.0 Å². The molecule has 1 aliphatic rings. The van der Waals surface area contributed by atoms with E-state index in [2.05, 4.69) is 16.0 Å². The second kappa shape index (κ2) is 6.69. The Kier molecular flexibility index (Phi) is 4.93. The maximum atomic E-state index is 11.7. The van der Waals surface area contributed by atoms with Crippen LogP contribution >= 0.6 is 0 Å². The lowest BCUT2D eigenvalue weighted by Gasteiger charge is -2.38. The fourth-order valence-electron chi connectivity index (χ4n) is 1.99. The van der Waals surface area contributed by atoms with Crippen LogP contribution in [0, 0.1) is 0 Å². The van der Waals surface area contributed by atoms with Gasteiger partial charge in [0.1, 0.15) is 6.61 Å². The zero-order chi connectivity index (χ0) is 15.3. The first-order chi connectivity index (χ1) is 10.0. The highest BCUT2D eigenvalue weighted by molar-refractivity contribution is 5.93. The number of rotatable bonds is 6. The van der Waals surface area contributed by atoms with E-state index in [0.717, 1.165) is 18.7 Å². The van der Waals surface area contributed by atoms with E-state index >= 15 is 0 Å². The van der Waals surface area contributed by atoms with Crippen molar-refractivity contribution in [3.63, 3.8) is 0 Å². The standard InChI is InChI=1S/C15H21N3O3/c1-15(9-17-10-15)21-8-13(19)18-7-11-3-5-12(6-4-11)14(20)16-2/h3-6,17H,7-10H2,1-2H3,(H,16,20)(H,18,19). The molecule has 21 heavy (non-hydrogen) atoms. The SMILES string of the molecule is CNC(=O)c1ccc(CNC(=O)COC2(C)CNC2)cc1. The fourth-order valence-corrected chi connectivity index (χ4v) is 1.99. The van der Waals surface area contributed by atoms with Gasteiger partial charge in [-0.05, 0) is 24.6 Å². The minimum Gasteiger partial charge on any atom is -0.363 e. The number of hydrogen-bond acceptors (Lipinski definition) is 4. The van der Waals surface area contributed by atoms with Crippen molar-refractivity contribution in [1.82, 2.24) is 16.0 Å². The Morgan fingerprint density at radius 1 is 1.29 bits per heavy atom. The van der Waals surface area contributed by atoms with Crippen molar-refractivity contribution in [2.45, 2.75) is 19.1 Å². The van der Waals surface area contributed by atoms with E-state index in [1.807, 2.05) is 19.1 Å². The number of ether oxygens (including phenoxy) is 1. The van der Waals surface area contributed by atoms with Gasteiger partial charge in [0.15, 0.2) is 0 Å². The zero-order valence-electron chi connectivity index (χ0n) is 12.4. The molecule has 2 amide bonds. The van der Waals surface area contributed by atoms with Gasteiger partial charge in [-0.25, -0.2) is 0 Å². The summed E-state index contributed by atoms with van der Waals surface area (Å²) in [7, 11) is 1.59. The molecular weight excluding hydrogens is 270 g/mol. The maximum absolute atomic E-state index is 11.7. The highest BCUT2D eigenvalue weighted by Gasteiger charge is 2.32. The number of nitrogens with one attached hydrogen (secondary N) is 3. The smallest absolute Gasteiger partial charge is 0.251 e. The van der Waals surface area contributed by atoms with Gasteiger partial charge in [0, 0.05) is 32.2 Å². The molecule has 6 heteroatoms. The first-order valence-electron chi connectivity index (χ1n) is 6.95. The van der Waals surface area contributed by atoms with Crippen LogP contribution in [0.25, 0.3) is 0 Å². The average molecular weight is 291 g/mol. The van der Waals surface area contributed by atoms with E-state index < -0.39 is 0 Å². The summed E-state index contributed by atoms with van der Waals surface area (Å²) in [5.74, 6) is -0.264. The molecule has 3 N–H and O–H groups in total. The number of amides is 2. The van der Waals surface area contributed by atoms with Gasteiger partial charge in [0.2, 0.25) is 5.91 Å². The third-order valence-electron chi connectivity index (χ3n) is 3.48. The normalized spacial score (nSPS) is 15.9. The number of carbonyl (C=O) groups is 2. The lowest BCUT2D eigenvalue weighted by molar-refractivity contribution is -0.136. The van der Waals surface area contributed by atoms with Crippen molar-refractivity contribution in [2.75, 3.05) is 26.7 Å². The first kappa shape index (κ1) is 15.5. The molecule has 2 rings (SSSR count). The molecule has 1 aromatic rings. The van der Waals surface area contributed by atoms with Gasteiger partial charge in [-0.3, -0.25) is 9.59 Å². The Hall–Kier alpha value is -1.92. The molecule has 0 aromatic heterocycles. The van der Waals surface area contributed by atoms with Crippen LogP contribution in [0.15, 0.2) is 24.3 Å². The molecule has 0 unspecified atom stereocenters. The minimum atomic E-state index is -0.216. The van der Waals surface area contributed by atoms with Crippen molar-refractivity contribution in [1.29, 1.82) is 0 Å². The molecule has 1 saturated heterocycles. The molecule has 0 aliphatic carbocycles. The summed E-state index contributed by atoms with van der Waals surface area (Å²) in [5, 5.41) is 8.47. The van der Waals surface area contributed by atoms with Crippen LogP contribution in [0.1, 0.15) is 22.8 Å². The Balaban J connectivity index is 1.74. The lowest BCUT2D eigenvalue weighted by Crippen LogP contribution is -2.59.